The highest BCUT2D eigenvalue weighted by Gasteiger charge is 2.34. The minimum atomic E-state index is -1.13. The Balaban J connectivity index is 2.00. The summed E-state index contributed by atoms with van der Waals surface area (Å²) in [7, 11) is 2.99. The van der Waals surface area contributed by atoms with E-state index >= 15 is 0 Å². The van der Waals surface area contributed by atoms with Crippen molar-refractivity contribution in [3.8, 4) is 17.2 Å². The average molecular weight is 343 g/mol. The van der Waals surface area contributed by atoms with Crippen molar-refractivity contribution in [1.82, 2.24) is 0 Å². The fourth-order valence-electron chi connectivity index (χ4n) is 2.68. The van der Waals surface area contributed by atoms with Gasteiger partial charge in [-0.25, -0.2) is 4.79 Å². The Kier molecular flexibility index (Phi) is 4.47. The number of hydrogen-bond donors (Lipinski definition) is 1. The number of carbonyl (C=O) groups is 2. The van der Waals surface area contributed by atoms with E-state index in [0.29, 0.717) is 28.5 Å². The maximum absolute atomic E-state index is 13.0. The van der Waals surface area contributed by atoms with Crippen molar-refractivity contribution in [3.63, 3.8) is 0 Å². The Morgan fingerprint density at radius 1 is 1.12 bits per heavy atom. The van der Waals surface area contributed by atoms with Gasteiger partial charge in [-0.3, -0.25) is 4.79 Å². The third-order valence-corrected chi connectivity index (χ3v) is 3.92. The van der Waals surface area contributed by atoms with Gasteiger partial charge in [-0.15, -0.1) is 0 Å². The van der Waals surface area contributed by atoms with Gasteiger partial charge in [0.1, 0.15) is 5.75 Å². The summed E-state index contributed by atoms with van der Waals surface area (Å²) in [5.41, 5.74) is 0.887. The zero-order valence-corrected chi connectivity index (χ0v) is 13.8. The fourth-order valence-corrected chi connectivity index (χ4v) is 2.68. The number of amides is 1. The monoisotopic (exact) mass is 343 g/mol. The molecule has 1 aliphatic heterocycles. The highest BCUT2D eigenvalue weighted by Crippen LogP contribution is 2.35. The van der Waals surface area contributed by atoms with Crippen LogP contribution in [-0.4, -0.2) is 43.9 Å². The minimum absolute atomic E-state index is 0.0838. The number of rotatable bonds is 4. The predicted molar refractivity (Wildman–Crippen MR) is 89.7 cm³/mol. The molecule has 0 unspecified atom stereocenters. The Labute approximate surface area is 144 Å². The lowest BCUT2D eigenvalue weighted by atomic mass is 10.1. The summed E-state index contributed by atoms with van der Waals surface area (Å²) in [6.07, 6.45) is -1.13. The van der Waals surface area contributed by atoms with Crippen LogP contribution >= 0.6 is 0 Å². The molecule has 1 aliphatic rings. The summed E-state index contributed by atoms with van der Waals surface area (Å²) in [4.78, 5) is 25.7. The van der Waals surface area contributed by atoms with E-state index in [-0.39, 0.29) is 12.5 Å². The van der Waals surface area contributed by atoms with Gasteiger partial charge in [0.15, 0.2) is 11.5 Å². The predicted octanol–water partition coefficient (Wildman–Crippen LogP) is 2.20. The van der Waals surface area contributed by atoms with Crippen LogP contribution in [0.1, 0.15) is 10.4 Å². The zero-order valence-electron chi connectivity index (χ0n) is 13.8. The number of carbonyl (C=O) groups excluding carboxylic acids is 1. The topological polar surface area (TPSA) is 85.3 Å². The van der Waals surface area contributed by atoms with Crippen LogP contribution in [-0.2, 0) is 4.79 Å². The molecule has 0 radical (unpaired) electrons. The molecule has 3 rings (SSSR count). The number of aliphatic carboxylic acids is 1. The van der Waals surface area contributed by atoms with E-state index in [2.05, 4.69) is 0 Å². The van der Waals surface area contributed by atoms with E-state index in [1.165, 1.54) is 19.1 Å². The first-order valence-corrected chi connectivity index (χ1v) is 7.57. The Morgan fingerprint density at radius 3 is 2.52 bits per heavy atom. The lowest BCUT2D eigenvalue weighted by Gasteiger charge is -2.33. The van der Waals surface area contributed by atoms with Gasteiger partial charge >= 0.3 is 5.97 Å². The standard InChI is InChI=1S/C18H17NO6/c1-23-14-8-7-11(9-15(14)24-2)17(20)19-10-16(18(21)22)25-13-6-4-3-5-12(13)19/h3-9,16H,10H2,1-2H3,(H,21,22)/t16-/m0/s1. The quantitative estimate of drug-likeness (QED) is 0.916. The molecule has 1 amide bonds. The second-order valence-corrected chi connectivity index (χ2v) is 5.40. The molecule has 7 heteroatoms. The van der Waals surface area contributed by atoms with Gasteiger partial charge in [0.05, 0.1) is 26.5 Å². The van der Waals surface area contributed by atoms with E-state index < -0.39 is 12.1 Å². The van der Waals surface area contributed by atoms with Crippen molar-refractivity contribution in [2.75, 3.05) is 25.7 Å². The van der Waals surface area contributed by atoms with Crippen LogP contribution in [0.4, 0.5) is 5.69 Å². The Bertz CT molecular complexity index is 819. The van der Waals surface area contributed by atoms with E-state index in [4.69, 9.17) is 14.2 Å². The molecule has 1 atom stereocenters. The molecule has 130 valence electrons. The SMILES string of the molecule is COc1ccc(C(=O)N2C[C@@H](C(=O)O)Oc3ccccc32)cc1OC. The number of nitrogens with zero attached hydrogens (tertiary/aromatic N) is 1. The molecule has 1 N–H and O–H groups in total. The minimum Gasteiger partial charge on any atom is -0.493 e. The second kappa shape index (κ2) is 6.72. The van der Waals surface area contributed by atoms with Gasteiger partial charge in [0.25, 0.3) is 5.91 Å². The molecule has 0 bridgehead atoms. The van der Waals surface area contributed by atoms with E-state index in [9.17, 15) is 14.7 Å². The number of methoxy groups -OCH3 is 2. The highest BCUT2D eigenvalue weighted by atomic mass is 16.5. The first-order chi connectivity index (χ1) is 12.0. The largest absolute Gasteiger partial charge is 0.493 e. The number of hydrogen-bond acceptors (Lipinski definition) is 5. The van der Waals surface area contributed by atoms with Gasteiger partial charge in [-0.2, -0.15) is 0 Å². The van der Waals surface area contributed by atoms with Gasteiger partial charge < -0.3 is 24.2 Å². The molecule has 0 aromatic heterocycles. The van der Waals surface area contributed by atoms with E-state index in [1.54, 1.807) is 42.5 Å². The number of carboxylic acid groups (broad SMARTS) is 1. The van der Waals surface area contributed by atoms with Crippen LogP contribution in [0.3, 0.4) is 0 Å². The molecule has 1 heterocycles. The lowest BCUT2D eigenvalue weighted by Crippen LogP contribution is -2.47. The molecule has 0 saturated carbocycles. The van der Waals surface area contributed by atoms with E-state index in [1.807, 2.05) is 0 Å². The Hall–Kier alpha value is -3.22. The number of carboxylic acids is 1. The van der Waals surface area contributed by atoms with Crippen molar-refractivity contribution < 1.29 is 28.9 Å². The molecule has 2 aromatic rings. The lowest BCUT2D eigenvalue weighted by molar-refractivity contribution is -0.144. The number of para-hydroxylation sites is 2. The van der Waals surface area contributed by atoms with Crippen LogP contribution in [0.2, 0.25) is 0 Å². The maximum atomic E-state index is 13.0. The normalized spacial score (nSPS) is 15.8. The van der Waals surface area contributed by atoms with Gasteiger partial charge in [-0.05, 0) is 30.3 Å². The molecule has 25 heavy (non-hydrogen) atoms. The Morgan fingerprint density at radius 2 is 1.84 bits per heavy atom. The summed E-state index contributed by atoms with van der Waals surface area (Å²) >= 11 is 0. The number of ether oxygens (including phenoxy) is 3. The van der Waals surface area contributed by atoms with Gasteiger partial charge in [-0.1, -0.05) is 12.1 Å². The number of benzene rings is 2. The van der Waals surface area contributed by atoms with E-state index in [0.717, 1.165) is 0 Å². The summed E-state index contributed by atoms with van der Waals surface area (Å²) < 4.78 is 15.9. The molecule has 0 fully saturated rings. The first-order valence-electron chi connectivity index (χ1n) is 7.57. The summed E-state index contributed by atoms with van der Waals surface area (Å²) in [5.74, 6) is -0.188. The van der Waals surface area contributed by atoms with Crippen LogP contribution in [0, 0.1) is 0 Å². The van der Waals surface area contributed by atoms with Crippen LogP contribution in [0.25, 0.3) is 0 Å². The van der Waals surface area contributed by atoms with Gasteiger partial charge in [0, 0.05) is 5.56 Å². The molecule has 0 aliphatic carbocycles. The third-order valence-electron chi connectivity index (χ3n) is 3.92. The molecule has 0 spiro atoms. The van der Waals surface area contributed by atoms with Crippen LogP contribution < -0.4 is 19.1 Å². The zero-order chi connectivity index (χ0) is 18.0. The van der Waals surface area contributed by atoms with Crippen molar-refractivity contribution >= 4 is 17.6 Å². The summed E-state index contributed by atoms with van der Waals surface area (Å²) in [6, 6.07) is 11.6. The third kappa shape index (κ3) is 3.08. The molecule has 7 nitrogen and oxygen atoms in total. The fraction of sp³-hybridized carbons (Fsp3) is 0.222. The molecule has 0 saturated heterocycles. The second-order valence-electron chi connectivity index (χ2n) is 5.40. The smallest absolute Gasteiger partial charge is 0.346 e. The van der Waals surface area contributed by atoms with Crippen molar-refractivity contribution in [2.45, 2.75) is 6.10 Å². The first kappa shape index (κ1) is 16.6. The summed E-state index contributed by atoms with van der Waals surface area (Å²) in [6.45, 7) is -0.0838. The molecule has 2 aromatic carbocycles. The highest BCUT2D eigenvalue weighted by molar-refractivity contribution is 6.08. The van der Waals surface area contributed by atoms with Crippen molar-refractivity contribution in [3.05, 3.63) is 48.0 Å². The van der Waals surface area contributed by atoms with Crippen LogP contribution in [0.15, 0.2) is 42.5 Å². The van der Waals surface area contributed by atoms with Crippen molar-refractivity contribution in [1.29, 1.82) is 0 Å². The molecular formula is C18H17NO6. The molecular weight excluding hydrogens is 326 g/mol. The maximum Gasteiger partial charge on any atom is 0.346 e. The van der Waals surface area contributed by atoms with Gasteiger partial charge in [0.2, 0.25) is 6.10 Å². The summed E-state index contributed by atoms with van der Waals surface area (Å²) in [5, 5.41) is 9.28. The number of anilines is 1. The van der Waals surface area contributed by atoms with Crippen LogP contribution in [0.5, 0.6) is 17.2 Å². The number of fused-ring (bicyclic) bond motifs is 1. The van der Waals surface area contributed by atoms with Crippen molar-refractivity contribution in [2.24, 2.45) is 0 Å². The average Bonchev–Trinajstić information content (AvgIpc) is 2.65.